The van der Waals surface area contributed by atoms with Crippen LogP contribution < -0.4 is 5.11 Å². The van der Waals surface area contributed by atoms with Crippen LogP contribution in [0.15, 0.2) is 97.2 Å². The first kappa shape index (κ1) is 57.2. The zero-order valence-electron chi connectivity index (χ0n) is 39.0. The lowest BCUT2D eigenvalue weighted by atomic mass is 10.1. The van der Waals surface area contributed by atoms with E-state index in [0.29, 0.717) is 23.9 Å². The van der Waals surface area contributed by atoms with Gasteiger partial charge in [-0.1, -0.05) is 150 Å². The molecule has 0 spiro atoms. The van der Waals surface area contributed by atoms with Crippen LogP contribution in [0, 0.1) is 0 Å². The molecule has 0 aromatic carbocycles. The van der Waals surface area contributed by atoms with E-state index in [1.807, 2.05) is 21.1 Å². The second-order valence-electron chi connectivity index (χ2n) is 16.3. The summed E-state index contributed by atoms with van der Waals surface area (Å²) in [7, 11) is 5.88. The fraction of sp³-hybridized carbons (Fsp3) is 0.635. The molecule has 0 saturated heterocycles. The molecule has 0 heterocycles. The van der Waals surface area contributed by atoms with Gasteiger partial charge in [-0.05, 0) is 89.9 Å². The quantitative estimate of drug-likeness (QED) is 0.0197. The minimum absolute atomic E-state index is 0.133. The molecule has 0 radical (unpaired) electrons. The predicted octanol–water partition coefficient (Wildman–Crippen LogP) is 11.3. The van der Waals surface area contributed by atoms with Gasteiger partial charge in [0.05, 0.1) is 40.3 Å². The maximum absolute atomic E-state index is 12.8. The van der Waals surface area contributed by atoms with Gasteiger partial charge < -0.3 is 33.3 Å². The van der Waals surface area contributed by atoms with Crippen LogP contribution in [0.1, 0.15) is 155 Å². The average Bonchev–Trinajstić information content (AvgIpc) is 3.22. The van der Waals surface area contributed by atoms with Crippen LogP contribution in [0.2, 0.25) is 0 Å². The molecule has 0 aliphatic carbocycles. The van der Waals surface area contributed by atoms with E-state index in [1.54, 1.807) is 0 Å². The summed E-state index contributed by atoms with van der Waals surface area (Å²) in [5, 5.41) is 11.7. The molecule has 61 heavy (non-hydrogen) atoms. The minimum Gasteiger partial charge on any atom is -0.545 e. The first-order valence-electron chi connectivity index (χ1n) is 23.4. The molecule has 9 nitrogen and oxygen atoms in total. The van der Waals surface area contributed by atoms with Crippen LogP contribution >= 0.6 is 0 Å². The molecule has 2 atom stereocenters. The summed E-state index contributed by atoms with van der Waals surface area (Å²) < 4.78 is 22.5. The molecule has 0 aromatic heterocycles. The Labute approximate surface area is 372 Å². The molecule has 0 fully saturated rings. The van der Waals surface area contributed by atoms with Gasteiger partial charge in [-0.15, -0.1) is 0 Å². The van der Waals surface area contributed by atoms with Gasteiger partial charge in [-0.3, -0.25) is 9.59 Å². The Hall–Kier alpha value is -3.79. The van der Waals surface area contributed by atoms with Crippen LogP contribution in [-0.4, -0.2) is 82.3 Å². The highest BCUT2D eigenvalue weighted by atomic mass is 16.7. The summed E-state index contributed by atoms with van der Waals surface area (Å²) in [6.45, 7) is 4.43. The lowest BCUT2D eigenvalue weighted by Crippen LogP contribution is -2.44. The summed E-state index contributed by atoms with van der Waals surface area (Å²) in [5.41, 5.74) is 0. The maximum Gasteiger partial charge on any atom is 0.306 e. The van der Waals surface area contributed by atoms with Crippen LogP contribution in [0.3, 0.4) is 0 Å². The number of esters is 2. The monoisotopic (exact) mass is 852 g/mol. The van der Waals surface area contributed by atoms with Crippen molar-refractivity contribution in [3.63, 3.8) is 0 Å². The van der Waals surface area contributed by atoms with Crippen molar-refractivity contribution < 1.29 is 42.9 Å². The third kappa shape index (κ3) is 44.1. The summed E-state index contributed by atoms with van der Waals surface area (Å²) >= 11 is 0. The standard InChI is InChI=1S/C52H85NO8/c1-6-8-10-12-14-16-18-20-22-23-24-25-26-27-29-31-33-35-37-39-41-43-50(55)61-48(47-60-52(51(56)57)58-45-44-53(3,4)5)46-59-49(54)42-40-38-36-34-32-30-28-21-19-17-15-13-11-9-7-2/h8-11,14-17,20-22,24-25,28,32,34,48,52H,6-7,12-13,18-19,23,26-27,29-31,33,35-47H2,1-5H3/b10-8-,11-9-,16-14-,17-15-,22-20-,25-24-,28-21-,34-32-. The van der Waals surface area contributed by atoms with Gasteiger partial charge in [-0.2, -0.15) is 0 Å². The molecule has 2 unspecified atom stereocenters. The molecule has 9 heteroatoms. The van der Waals surface area contributed by atoms with Crippen molar-refractivity contribution in [3.8, 4) is 0 Å². The Morgan fingerprint density at radius 1 is 0.492 bits per heavy atom. The second-order valence-corrected chi connectivity index (χ2v) is 16.3. The van der Waals surface area contributed by atoms with Crippen LogP contribution in [-0.2, 0) is 33.3 Å². The molecule has 0 amide bonds. The zero-order chi connectivity index (χ0) is 44.9. The Balaban J connectivity index is 4.48. The molecule has 0 aliphatic heterocycles. The number of hydrogen-bond acceptors (Lipinski definition) is 8. The highest BCUT2D eigenvalue weighted by Crippen LogP contribution is 2.13. The summed E-state index contributed by atoms with van der Waals surface area (Å²) in [5.74, 6) is -2.37. The molecule has 0 N–H and O–H groups in total. The Morgan fingerprint density at radius 2 is 0.885 bits per heavy atom. The minimum atomic E-state index is -1.64. The van der Waals surface area contributed by atoms with E-state index in [4.69, 9.17) is 18.9 Å². The van der Waals surface area contributed by atoms with E-state index in [-0.39, 0.29) is 32.7 Å². The molecule has 0 bridgehead atoms. The number of ether oxygens (including phenoxy) is 4. The first-order chi connectivity index (χ1) is 29.6. The topological polar surface area (TPSA) is 111 Å². The highest BCUT2D eigenvalue weighted by Gasteiger charge is 2.21. The molecular formula is C52H85NO8. The number of allylic oxidation sites excluding steroid dienone is 16. The Bertz CT molecular complexity index is 1320. The summed E-state index contributed by atoms with van der Waals surface area (Å²) in [4.78, 5) is 37.0. The van der Waals surface area contributed by atoms with Crippen molar-refractivity contribution in [2.24, 2.45) is 0 Å². The fourth-order valence-corrected chi connectivity index (χ4v) is 5.75. The number of hydrogen-bond donors (Lipinski definition) is 0. The van der Waals surface area contributed by atoms with E-state index in [1.165, 1.54) is 25.7 Å². The van der Waals surface area contributed by atoms with E-state index >= 15 is 0 Å². The average molecular weight is 852 g/mol. The van der Waals surface area contributed by atoms with Gasteiger partial charge in [0.2, 0.25) is 0 Å². The SMILES string of the molecule is CC/C=C\C/C=C\C/C=C\C/C=C\CCCCCCCCCCC(=O)OC(COC(=O)CCCC/C=C\C/C=C\C/C=C\C/C=C\CC)COC(OCC[N+](C)(C)C)C(=O)[O-]. The van der Waals surface area contributed by atoms with Crippen LogP contribution in [0.25, 0.3) is 0 Å². The van der Waals surface area contributed by atoms with Crippen molar-refractivity contribution in [1.82, 2.24) is 0 Å². The fourth-order valence-electron chi connectivity index (χ4n) is 5.75. The largest absolute Gasteiger partial charge is 0.545 e. The number of rotatable bonds is 41. The lowest BCUT2D eigenvalue weighted by Gasteiger charge is -2.26. The van der Waals surface area contributed by atoms with Crippen molar-refractivity contribution in [3.05, 3.63) is 97.2 Å². The van der Waals surface area contributed by atoms with Gasteiger partial charge in [0, 0.05) is 12.8 Å². The first-order valence-corrected chi connectivity index (χ1v) is 23.4. The van der Waals surface area contributed by atoms with Crippen LogP contribution in [0.4, 0.5) is 0 Å². The molecule has 0 aromatic rings. The third-order valence-electron chi connectivity index (χ3n) is 9.33. The number of aliphatic carboxylic acids is 1. The van der Waals surface area contributed by atoms with Crippen molar-refractivity contribution in [1.29, 1.82) is 0 Å². The Morgan fingerprint density at radius 3 is 1.34 bits per heavy atom. The van der Waals surface area contributed by atoms with Gasteiger partial charge >= 0.3 is 11.9 Å². The number of carbonyl (C=O) groups is 3. The summed E-state index contributed by atoms with van der Waals surface area (Å²) in [6, 6.07) is 0. The number of carbonyl (C=O) groups excluding carboxylic acids is 3. The normalized spacial score (nSPS) is 13.8. The molecule has 0 aliphatic rings. The number of likely N-dealkylation sites (N-methyl/N-ethyl adjacent to an activating group) is 1. The number of carboxylic acid groups (broad SMARTS) is 1. The zero-order valence-corrected chi connectivity index (χ0v) is 39.0. The number of carboxylic acids is 1. The molecule has 0 saturated carbocycles. The highest BCUT2D eigenvalue weighted by molar-refractivity contribution is 5.70. The number of unbranched alkanes of at least 4 members (excludes halogenated alkanes) is 10. The van der Waals surface area contributed by atoms with Gasteiger partial charge in [0.1, 0.15) is 13.2 Å². The lowest BCUT2D eigenvalue weighted by molar-refractivity contribution is -0.870. The second kappa shape index (κ2) is 42.9. The van der Waals surface area contributed by atoms with E-state index in [2.05, 4.69) is 111 Å². The smallest absolute Gasteiger partial charge is 0.306 e. The van der Waals surface area contributed by atoms with Gasteiger partial charge in [0.25, 0.3) is 0 Å². The molecular weight excluding hydrogens is 767 g/mol. The predicted molar refractivity (Wildman–Crippen MR) is 250 cm³/mol. The van der Waals surface area contributed by atoms with E-state index < -0.39 is 30.3 Å². The van der Waals surface area contributed by atoms with E-state index in [9.17, 15) is 19.5 Å². The number of nitrogens with zero attached hydrogens (tertiary/aromatic N) is 1. The third-order valence-corrected chi connectivity index (χ3v) is 9.33. The molecule has 346 valence electrons. The van der Waals surface area contributed by atoms with Crippen molar-refractivity contribution in [2.75, 3.05) is 47.5 Å². The van der Waals surface area contributed by atoms with Crippen LogP contribution in [0.5, 0.6) is 0 Å². The molecule has 0 rings (SSSR count). The van der Waals surface area contributed by atoms with Crippen molar-refractivity contribution >= 4 is 17.9 Å². The summed E-state index contributed by atoms with van der Waals surface area (Å²) in [6.07, 6.45) is 53.0. The Kier molecular flexibility index (Phi) is 40.2. The van der Waals surface area contributed by atoms with Gasteiger partial charge in [0.15, 0.2) is 12.4 Å². The van der Waals surface area contributed by atoms with Crippen molar-refractivity contribution in [2.45, 2.75) is 167 Å². The van der Waals surface area contributed by atoms with E-state index in [0.717, 1.165) is 89.9 Å². The number of quaternary nitrogens is 1. The van der Waals surface area contributed by atoms with Gasteiger partial charge in [-0.25, -0.2) is 0 Å². The maximum atomic E-state index is 12.8.